The van der Waals surface area contributed by atoms with E-state index in [1.807, 2.05) is 0 Å². The molecule has 0 unspecified atom stereocenters. The molecule has 6 rings (SSSR count). The van der Waals surface area contributed by atoms with Crippen molar-refractivity contribution < 1.29 is 85.7 Å². The fourth-order valence-electron chi connectivity index (χ4n) is 7.48. The Kier molecular flexibility index (Phi) is 15.4. The van der Waals surface area contributed by atoms with Gasteiger partial charge >= 0.3 is 47.8 Å². The largest absolute Gasteiger partial charge is 0.467 e. The first-order valence-electron chi connectivity index (χ1n) is 20.3. The molecule has 2 fully saturated rings. The molecule has 2 saturated heterocycles. The molecule has 2 aliphatic rings. The molecule has 10 atom stereocenters. The average molecular weight is 943 g/mol. The summed E-state index contributed by atoms with van der Waals surface area (Å²) in [5, 5.41) is 6.36. The van der Waals surface area contributed by atoms with E-state index in [1.165, 1.54) is 34.4 Å². The van der Waals surface area contributed by atoms with Crippen molar-refractivity contribution in [2.24, 2.45) is 0 Å². The maximum Gasteiger partial charge on any atom is 0.339 e. The third-order valence-electron chi connectivity index (χ3n) is 9.91. The van der Waals surface area contributed by atoms with E-state index in [0.717, 1.165) is 55.8 Å². The van der Waals surface area contributed by atoms with Gasteiger partial charge in [-0.2, -0.15) is 0 Å². The molecule has 0 amide bonds. The van der Waals surface area contributed by atoms with Crippen molar-refractivity contribution in [3.05, 3.63) is 25.3 Å². The lowest BCUT2D eigenvalue weighted by Crippen LogP contribution is -2.61. The van der Waals surface area contributed by atoms with Gasteiger partial charge in [0.25, 0.3) is 0 Å². The van der Waals surface area contributed by atoms with Crippen LogP contribution >= 0.6 is 0 Å². The van der Waals surface area contributed by atoms with Crippen molar-refractivity contribution in [3.8, 4) is 0 Å². The Bertz CT molecular complexity index is 2360. The van der Waals surface area contributed by atoms with Crippen molar-refractivity contribution >= 4 is 81.7 Å². The third kappa shape index (κ3) is 10.9. The summed E-state index contributed by atoms with van der Waals surface area (Å²) in [4.78, 5) is 126. The molecule has 0 bridgehead atoms. The van der Waals surface area contributed by atoms with E-state index in [2.05, 4.69) is 40.5 Å². The van der Waals surface area contributed by atoms with Crippen LogP contribution in [0.3, 0.4) is 0 Å². The van der Waals surface area contributed by atoms with E-state index >= 15 is 0 Å². The van der Waals surface area contributed by atoms with Gasteiger partial charge in [-0.1, -0.05) is 0 Å². The normalized spacial score (nSPS) is 24.7. The number of methoxy groups -OCH3 is 2. The zero-order valence-corrected chi connectivity index (χ0v) is 37.1. The fourth-order valence-corrected chi connectivity index (χ4v) is 7.48. The van der Waals surface area contributed by atoms with Crippen LogP contribution in [0.4, 0.5) is 11.6 Å². The van der Waals surface area contributed by atoms with Crippen LogP contribution in [-0.4, -0.2) is 163 Å². The predicted octanol–water partition coefficient (Wildman–Crippen LogP) is -0.389. The van der Waals surface area contributed by atoms with Crippen LogP contribution < -0.4 is 10.6 Å². The third-order valence-corrected chi connectivity index (χ3v) is 9.91. The average Bonchev–Trinajstić information content (AvgIpc) is 3.90. The molecule has 6 heterocycles. The zero-order chi connectivity index (χ0) is 48.7. The lowest BCUT2D eigenvalue weighted by molar-refractivity contribution is -0.262. The van der Waals surface area contributed by atoms with Crippen molar-refractivity contribution in [3.63, 3.8) is 0 Å². The van der Waals surface area contributed by atoms with Crippen LogP contribution in [0.5, 0.6) is 0 Å². The molecule has 4 aromatic heterocycles. The minimum Gasteiger partial charge on any atom is -0.467 e. The molecule has 28 nitrogen and oxygen atoms in total. The molecule has 0 spiro atoms. The Balaban J connectivity index is 1.20. The number of aromatic nitrogens is 8. The van der Waals surface area contributed by atoms with Gasteiger partial charge in [0, 0.05) is 54.6 Å². The van der Waals surface area contributed by atoms with Crippen LogP contribution in [0.15, 0.2) is 25.3 Å². The second kappa shape index (κ2) is 21.1. The van der Waals surface area contributed by atoms with Gasteiger partial charge in [-0.15, -0.1) is 0 Å². The van der Waals surface area contributed by atoms with E-state index < -0.39 is 109 Å². The molecule has 360 valence electrons. The number of hydrogen-bond donors (Lipinski definition) is 2. The lowest BCUT2D eigenvalue weighted by Gasteiger charge is -2.43. The summed E-state index contributed by atoms with van der Waals surface area (Å²) in [6.07, 6.45) is -9.89. The molecule has 0 aliphatic carbocycles. The van der Waals surface area contributed by atoms with Crippen molar-refractivity contribution in [2.75, 3.05) is 37.9 Å². The van der Waals surface area contributed by atoms with E-state index in [9.17, 15) is 38.4 Å². The van der Waals surface area contributed by atoms with Gasteiger partial charge in [0.1, 0.15) is 12.7 Å². The van der Waals surface area contributed by atoms with Gasteiger partial charge in [0.2, 0.25) is 0 Å². The monoisotopic (exact) mass is 942 g/mol. The van der Waals surface area contributed by atoms with Crippen LogP contribution in [0.2, 0.25) is 0 Å². The second-order valence-electron chi connectivity index (χ2n) is 14.7. The number of hydrogen-bond acceptors (Lipinski definition) is 26. The smallest absolute Gasteiger partial charge is 0.339 e. The highest BCUT2D eigenvalue weighted by molar-refractivity contribution is 5.84. The lowest BCUT2D eigenvalue weighted by atomic mass is 9.96. The zero-order valence-electron chi connectivity index (χ0n) is 37.1. The summed E-state index contributed by atoms with van der Waals surface area (Å²) < 4.78 is 57.4. The van der Waals surface area contributed by atoms with Gasteiger partial charge < -0.3 is 58.0 Å². The maximum atomic E-state index is 13.0. The SMILES string of the molecule is COC(=O)[C@H]1O[C@@H](n2cnc3c(NCCCNc4ncnc5c4ncn5[C@@H]4O[C@H](C(=O)OC)[C@@H](OC(C)=O)[C@H](OC(C)=O)[C@H]4OC(C)=O)ncnc32)[C@H](OC(C)=O)[C@@H](OC(C)=O)[C@@H]1OC(C)=O. The standard InChI is InChI=1S/C39H46N10O18/c1-16(50)60-24-26(62-18(3)52)30(38(56)58-7)66-36(28(24)64-20(5)54)48-14-46-22-32(42-12-44-34(22)48)40-10-9-11-41-33-23-35(45-13-43-33)49(15-47-23)37-29(65-21(6)55)25(61-17(2)51)27(63-19(4)53)31(67-37)39(57)59-8/h12-15,24-31,36-37H,9-11H2,1-8H3,(H,40,42,44)(H,41,43,45)/t24-,25-,26-,27-,28+,29+,30-,31-,36+,37+/m0/s1. The predicted molar refractivity (Wildman–Crippen MR) is 217 cm³/mol. The molecule has 2 N–H and O–H groups in total. The van der Waals surface area contributed by atoms with E-state index in [-0.39, 0.29) is 34.0 Å². The fraction of sp³-hybridized carbons (Fsp3) is 0.538. The number of fused-ring (bicyclic) bond motifs is 2. The number of imidazole rings is 2. The number of nitrogens with one attached hydrogen (secondary N) is 2. The van der Waals surface area contributed by atoms with Crippen LogP contribution in [-0.2, 0) is 85.7 Å². The number of anilines is 2. The number of ether oxygens (including phenoxy) is 10. The first kappa shape index (κ1) is 48.8. The Morgan fingerprint density at radius 3 is 1.15 bits per heavy atom. The summed E-state index contributed by atoms with van der Waals surface area (Å²) in [5.41, 5.74) is 0.742. The molecular weight excluding hydrogens is 896 g/mol. The molecule has 0 radical (unpaired) electrons. The van der Waals surface area contributed by atoms with Gasteiger partial charge in [-0.05, 0) is 6.42 Å². The van der Waals surface area contributed by atoms with E-state index in [0.29, 0.717) is 19.5 Å². The Morgan fingerprint density at radius 1 is 0.493 bits per heavy atom. The second-order valence-corrected chi connectivity index (χ2v) is 14.7. The van der Waals surface area contributed by atoms with E-state index in [4.69, 9.17) is 47.4 Å². The van der Waals surface area contributed by atoms with Crippen LogP contribution in [0.25, 0.3) is 22.3 Å². The highest BCUT2D eigenvalue weighted by Gasteiger charge is 2.57. The summed E-state index contributed by atoms with van der Waals surface area (Å²) in [5.74, 6) is -6.42. The first-order chi connectivity index (χ1) is 31.9. The van der Waals surface area contributed by atoms with Crippen molar-refractivity contribution in [1.82, 2.24) is 39.0 Å². The Hall–Kier alpha value is -7.62. The van der Waals surface area contributed by atoms with Crippen LogP contribution in [0, 0.1) is 0 Å². The minimum absolute atomic E-state index is 0.143. The summed E-state index contributed by atoms with van der Waals surface area (Å²) in [6.45, 7) is 7.09. The van der Waals surface area contributed by atoms with Crippen LogP contribution in [0.1, 0.15) is 60.4 Å². The number of rotatable bonds is 16. The quantitative estimate of drug-likeness (QED) is 0.0820. The van der Waals surface area contributed by atoms with Gasteiger partial charge in [0.05, 0.1) is 26.9 Å². The summed E-state index contributed by atoms with van der Waals surface area (Å²) >= 11 is 0. The molecule has 28 heteroatoms. The highest BCUT2D eigenvalue weighted by atomic mass is 16.7. The van der Waals surface area contributed by atoms with Crippen molar-refractivity contribution in [1.29, 1.82) is 0 Å². The van der Waals surface area contributed by atoms with Gasteiger partial charge in [-0.25, -0.2) is 39.5 Å². The Morgan fingerprint density at radius 2 is 0.821 bits per heavy atom. The number of carbonyl (C=O) groups is 8. The highest BCUT2D eigenvalue weighted by Crippen LogP contribution is 2.38. The molecule has 2 aliphatic heterocycles. The molecular formula is C39H46N10O18. The molecule has 67 heavy (non-hydrogen) atoms. The number of nitrogens with zero attached hydrogens (tertiary/aromatic N) is 8. The maximum absolute atomic E-state index is 13.0. The minimum atomic E-state index is -1.65. The van der Waals surface area contributed by atoms with E-state index in [1.54, 1.807) is 0 Å². The summed E-state index contributed by atoms with van der Waals surface area (Å²) in [6, 6.07) is 0. The van der Waals surface area contributed by atoms with Crippen molar-refractivity contribution in [2.45, 2.75) is 109 Å². The van der Waals surface area contributed by atoms with Gasteiger partial charge in [-0.3, -0.25) is 37.9 Å². The van der Waals surface area contributed by atoms with Gasteiger partial charge in [0.15, 0.2) is 95.3 Å². The molecule has 0 saturated carbocycles. The topological polar surface area (TPSA) is 340 Å². The molecule has 4 aromatic rings. The Labute approximate surface area is 378 Å². The summed E-state index contributed by atoms with van der Waals surface area (Å²) in [7, 11) is 2.16. The number of esters is 8. The molecule has 0 aromatic carbocycles. The first-order valence-corrected chi connectivity index (χ1v) is 20.3. The number of carbonyl (C=O) groups excluding carboxylic acids is 8.